The third kappa shape index (κ3) is 3.51. The number of nitrogens with zero attached hydrogens (tertiary/aromatic N) is 2. The molecule has 166 valence electrons. The molecule has 8 nitrogen and oxygen atoms in total. The number of anilines is 1. The lowest BCUT2D eigenvalue weighted by atomic mass is 9.87. The number of hydrogen-bond acceptors (Lipinski definition) is 7. The average molecular weight is 475 g/mol. The Hall–Kier alpha value is -3.02. The first-order chi connectivity index (χ1) is 15.3. The van der Waals surface area contributed by atoms with E-state index in [1.807, 2.05) is 31.2 Å². The Balaban J connectivity index is 1.59. The second-order valence-electron chi connectivity index (χ2n) is 7.59. The zero-order valence-electron chi connectivity index (χ0n) is 16.9. The highest BCUT2D eigenvalue weighted by atomic mass is 32.2. The number of rotatable bonds is 6. The summed E-state index contributed by atoms with van der Waals surface area (Å²) in [5.41, 5.74) is 2.24. The molecule has 0 spiro atoms. The van der Waals surface area contributed by atoms with Crippen LogP contribution in [0.1, 0.15) is 30.0 Å². The van der Waals surface area contributed by atoms with Crippen LogP contribution >= 0.6 is 11.3 Å². The number of nitrogens with one attached hydrogen (secondary N) is 2. The number of thiazole rings is 1. The summed E-state index contributed by atoms with van der Waals surface area (Å²) in [5, 5.41) is 4.94. The predicted molar refractivity (Wildman–Crippen MR) is 119 cm³/mol. The first-order valence-electron chi connectivity index (χ1n) is 9.91. The Kier molecular flexibility index (Phi) is 5.11. The van der Waals surface area contributed by atoms with E-state index >= 15 is 0 Å². The molecule has 5 rings (SSSR count). The van der Waals surface area contributed by atoms with Crippen molar-refractivity contribution >= 4 is 37.6 Å². The van der Waals surface area contributed by atoms with E-state index < -0.39 is 32.5 Å². The highest BCUT2D eigenvalue weighted by Crippen LogP contribution is 2.32. The van der Waals surface area contributed by atoms with E-state index in [2.05, 4.69) is 15.0 Å². The Labute approximate surface area is 186 Å². The molecule has 0 amide bonds. The number of hydrogen-bond donors (Lipinski definition) is 2. The molecule has 0 saturated carbocycles. The number of fused-ring (bicyclic) bond motifs is 1. The molecule has 11 heteroatoms. The largest absolute Gasteiger partial charge is 0.420 e. The van der Waals surface area contributed by atoms with E-state index in [4.69, 9.17) is 4.42 Å². The summed E-state index contributed by atoms with van der Waals surface area (Å²) < 4.78 is 49.2. The summed E-state index contributed by atoms with van der Waals surface area (Å²) in [4.78, 5) is 16.0. The molecule has 0 unspecified atom stereocenters. The Morgan fingerprint density at radius 2 is 2.09 bits per heavy atom. The molecule has 1 aliphatic rings. The van der Waals surface area contributed by atoms with E-state index in [0.717, 1.165) is 47.7 Å². The Morgan fingerprint density at radius 1 is 1.31 bits per heavy atom. The van der Waals surface area contributed by atoms with Gasteiger partial charge in [0, 0.05) is 42.7 Å². The van der Waals surface area contributed by atoms with Crippen molar-refractivity contribution in [2.75, 3.05) is 17.8 Å². The van der Waals surface area contributed by atoms with Gasteiger partial charge in [-0.15, -0.1) is 11.3 Å². The third-order valence-corrected chi connectivity index (χ3v) is 7.84. The fraction of sp³-hybridized carbons (Fsp3) is 0.238. The standard InChI is InChI=1S/C21H19FN4O4S2/c1-12(14-4-2-3-5-15(14)13-10-23-11-13)26-17-8-16(22)19(9-18(17)30-21(26)27)32(28,29)25-20-24-6-7-31-20/h2-9,12-13,23H,10-11H2,1H3,(H,24,25)/t12-/m1/s1. The van der Waals surface area contributed by atoms with Crippen LogP contribution in [-0.2, 0) is 10.0 Å². The van der Waals surface area contributed by atoms with E-state index in [9.17, 15) is 17.6 Å². The summed E-state index contributed by atoms with van der Waals surface area (Å²) in [6.07, 6.45) is 1.43. The molecule has 4 aromatic rings. The van der Waals surface area contributed by atoms with E-state index in [-0.39, 0.29) is 16.2 Å². The first-order valence-corrected chi connectivity index (χ1v) is 12.3. The molecule has 0 radical (unpaired) electrons. The highest BCUT2D eigenvalue weighted by Gasteiger charge is 2.28. The molecule has 1 aliphatic heterocycles. The first kappa shape index (κ1) is 20.9. The van der Waals surface area contributed by atoms with E-state index in [0.29, 0.717) is 5.92 Å². The van der Waals surface area contributed by atoms with Crippen molar-refractivity contribution in [3.05, 3.63) is 75.5 Å². The normalized spacial score (nSPS) is 15.6. The molecule has 2 aromatic carbocycles. The fourth-order valence-corrected chi connectivity index (χ4v) is 5.83. The average Bonchev–Trinajstić information content (AvgIpc) is 3.32. The highest BCUT2D eigenvalue weighted by molar-refractivity contribution is 7.93. The van der Waals surface area contributed by atoms with Crippen LogP contribution in [0, 0.1) is 5.82 Å². The van der Waals surface area contributed by atoms with Gasteiger partial charge in [0.2, 0.25) is 0 Å². The minimum atomic E-state index is -4.25. The number of benzene rings is 2. The number of aromatic nitrogens is 2. The predicted octanol–water partition coefficient (Wildman–Crippen LogP) is 3.29. The van der Waals surface area contributed by atoms with Crippen LogP contribution in [-0.4, -0.2) is 31.1 Å². The van der Waals surface area contributed by atoms with Crippen molar-refractivity contribution in [3.63, 3.8) is 0 Å². The molecule has 2 N–H and O–H groups in total. The Bertz CT molecular complexity index is 1460. The molecule has 3 heterocycles. The second kappa shape index (κ2) is 7.84. The van der Waals surface area contributed by atoms with Crippen molar-refractivity contribution in [1.29, 1.82) is 0 Å². The lowest BCUT2D eigenvalue weighted by molar-refractivity contribution is 0.438. The van der Waals surface area contributed by atoms with E-state index in [1.54, 1.807) is 5.38 Å². The van der Waals surface area contributed by atoms with Crippen molar-refractivity contribution in [1.82, 2.24) is 14.9 Å². The number of oxazole rings is 1. The molecule has 32 heavy (non-hydrogen) atoms. The maximum Gasteiger partial charge on any atom is 0.420 e. The van der Waals surface area contributed by atoms with Gasteiger partial charge in [0.1, 0.15) is 10.7 Å². The second-order valence-corrected chi connectivity index (χ2v) is 10.1. The lowest BCUT2D eigenvalue weighted by Crippen LogP contribution is -2.40. The van der Waals surface area contributed by atoms with Crippen LogP contribution in [0.3, 0.4) is 0 Å². The summed E-state index contributed by atoms with van der Waals surface area (Å²) in [7, 11) is -4.25. The molecular formula is C21H19FN4O4S2. The van der Waals surface area contributed by atoms with Crippen LogP contribution in [0.25, 0.3) is 11.1 Å². The summed E-state index contributed by atoms with van der Waals surface area (Å²) >= 11 is 1.07. The van der Waals surface area contributed by atoms with Crippen molar-refractivity contribution < 1.29 is 17.2 Å². The van der Waals surface area contributed by atoms with Crippen LogP contribution in [0.4, 0.5) is 9.52 Å². The number of halogens is 1. The van der Waals surface area contributed by atoms with Gasteiger partial charge in [0.05, 0.1) is 11.6 Å². The maximum absolute atomic E-state index is 15.0. The fourth-order valence-electron chi connectivity index (χ4n) is 3.96. The van der Waals surface area contributed by atoms with E-state index in [1.165, 1.54) is 10.8 Å². The molecule has 2 aromatic heterocycles. The van der Waals surface area contributed by atoms with Crippen LogP contribution in [0.15, 0.2) is 62.1 Å². The molecule has 1 atom stereocenters. The molecule has 1 fully saturated rings. The summed E-state index contributed by atoms with van der Waals surface area (Å²) in [5.74, 6) is -1.33. The van der Waals surface area contributed by atoms with Gasteiger partial charge in [-0.05, 0) is 18.1 Å². The van der Waals surface area contributed by atoms with Gasteiger partial charge in [-0.2, -0.15) is 0 Å². The molecule has 0 aliphatic carbocycles. The smallest absolute Gasteiger partial charge is 0.408 e. The zero-order chi connectivity index (χ0) is 22.5. The van der Waals surface area contributed by atoms with Gasteiger partial charge in [-0.25, -0.2) is 22.6 Å². The van der Waals surface area contributed by atoms with Gasteiger partial charge in [0.25, 0.3) is 10.0 Å². The number of sulfonamides is 1. The molecule has 1 saturated heterocycles. The monoisotopic (exact) mass is 474 g/mol. The SMILES string of the molecule is C[C@H](c1ccccc1C1CNC1)n1c(=O)oc2cc(S(=O)(=O)Nc3nccs3)c(F)cc21. The third-order valence-electron chi connectivity index (χ3n) is 5.67. The minimum absolute atomic E-state index is 0.00874. The topological polar surface area (TPSA) is 106 Å². The van der Waals surface area contributed by atoms with Gasteiger partial charge >= 0.3 is 5.76 Å². The van der Waals surface area contributed by atoms with Gasteiger partial charge in [-0.1, -0.05) is 24.3 Å². The Morgan fingerprint density at radius 3 is 2.78 bits per heavy atom. The van der Waals surface area contributed by atoms with Gasteiger partial charge in [-0.3, -0.25) is 9.29 Å². The maximum atomic E-state index is 15.0. The van der Waals surface area contributed by atoms with Crippen molar-refractivity contribution in [2.45, 2.75) is 23.8 Å². The van der Waals surface area contributed by atoms with Crippen LogP contribution < -0.4 is 15.8 Å². The zero-order valence-corrected chi connectivity index (χ0v) is 18.5. The van der Waals surface area contributed by atoms with Gasteiger partial charge in [0.15, 0.2) is 10.7 Å². The minimum Gasteiger partial charge on any atom is -0.408 e. The summed E-state index contributed by atoms with van der Waals surface area (Å²) in [6, 6.07) is 9.44. The molecule has 0 bridgehead atoms. The lowest BCUT2D eigenvalue weighted by Gasteiger charge is -2.31. The van der Waals surface area contributed by atoms with Crippen LogP contribution in [0.2, 0.25) is 0 Å². The van der Waals surface area contributed by atoms with Gasteiger partial charge < -0.3 is 9.73 Å². The van der Waals surface area contributed by atoms with Crippen molar-refractivity contribution in [2.24, 2.45) is 0 Å². The summed E-state index contributed by atoms with van der Waals surface area (Å²) in [6.45, 7) is 3.55. The molecular weight excluding hydrogens is 455 g/mol. The van der Waals surface area contributed by atoms with Crippen LogP contribution in [0.5, 0.6) is 0 Å². The van der Waals surface area contributed by atoms with Crippen molar-refractivity contribution in [3.8, 4) is 0 Å². The quantitative estimate of drug-likeness (QED) is 0.444.